The summed E-state index contributed by atoms with van der Waals surface area (Å²) in [6, 6.07) is 3.60. The van der Waals surface area contributed by atoms with E-state index in [-0.39, 0.29) is 1.43 Å². The summed E-state index contributed by atoms with van der Waals surface area (Å²) in [7, 11) is 2.06. The summed E-state index contributed by atoms with van der Waals surface area (Å²) < 4.78 is 0. The van der Waals surface area contributed by atoms with Gasteiger partial charge >= 0.3 is 0 Å². The highest BCUT2D eigenvalue weighted by Gasteiger charge is 2.09. The first kappa shape index (κ1) is 11.9. The van der Waals surface area contributed by atoms with Crippen LogP contribution >= 0.6 is 0 Å². The van der Waals surface area contributed by atoms with Crippen LogP contribution in [0.3, 0.4) is 0 Å². The lowest BCUT2D eigenvalue weighted by molar-refractivity contribution is -0.114. The smallest absolute Gasteiger partial charge is 0.0500 e. The van der Waals surface area contributed by atoms with Crippen LogP contribution in [0.5, 0.6) is 0 Å². The Morgan fingerprint density at radius 1 is 1.40 bits per heavy atom. The number of nitrogen functional groups attached to an aromatic ring is 1. The number of hydrogen-bond acceptors (Lipinski definition) is 5. The molecule has 1 aromatic rings. The summed E-state index contributed by atoms with van der Waals surface area (Å²) in [5, 5.41) is 10.2. The molecule has 0 aliphatic carbocycles. The van der Waals surface area contributed by atoms with Crippen molar-refractivity contribution >= 4 is 5.69 Å². The van der Waals surface area contributed by atoms with Crippen molar-refractivity contribution in [1.82, 2.24) is 14.9 Å². The number of aromatic nitrogens is 1. The van der Waals surface area contributed by atoms with Gasteiger partial charge in [-0.05, 0) is 19.2 Å². The van der Waals surface area contributed by atoms with E-state index in [9.17, 15) is 0 Å². The third kappa shape index (κ3) is 5.31. The van der Waals surface area contributed by atoms with Gasteiger partial charge in [-0.1, -0.05) is 0 Å². The number of nitrogens with zero attached hydrogens (tertiary/aromatic N) is 3. The van der Waals surface area contributed by atoms with Gasteiger partial charge in [0.25, 0.3) is 0 Å². The molecule has 1 saturated heterocycles. The van der Waals surface area contributed by atoms with Crippen LogP contribution in [0, 0.1) is 0 Å². The van der Waals surface area contributed by atoms with Gasteiger partial charge in [0.15, 0.2) is 0 Å². The average molecular weight is 212 g/mol. The number of piperazine rings is 1. The molecule has 0 spiro atoms. The van der Waals surface area contributed by atoms with Crippen molar-refractivity contribution < 1.29 is 6.63 Å². The third-order valence-corrected chi connectivity index (χ3v) is 2.16. The Balaban J connectivity index is 0.000000267. The molecule has 3 N–H and O–H groups in total. The first-order valence-corrected chi connectivity index (χ1v) is 4.96. The van der Waals surface area contributed by atoms with E-state index in [4.69, 9.17) is 10.9 Å². The van der Waals surface area contributed by atoms with E-state index in [2.05, 4.69) is 16.9 Å². The van der Waals surface area contributed by atoms with Crippen LogP contribution in [-0.4, -0.2) is 53.4 Å². The number of hydrogen-bond donors (Lipinski definition) is 2. The molecule has 86 valence electrons. The molecule has 0 saturated carbocycles. The highest BCUT2D eigenvalue weighted by atomic mass is 16.5. The molecule has 15 heavy (non-hydrogen) atoms. The summed E-state index contributed by atoms with van der Waals surface area (Å²) >= 11 is 0. The van der Waals surface area contributed by atoms with Crippen LogP contribution in [-0.2, 0) is 0 Å². The number of hydroxylamine groups is 2. The van der Waals surface area contributed by atoms with E-state index in [0.29, 0.717) is 5.69 Å². The van der Waals surface area contributed by atoms with Gasteiger partial charge in [-0.15, -0.1) is 0 Å². The summed E-state index contributed by atoms with van der Waals surface area (Å²) in [6.45, 7) is 3.54. The Morgan fingerprint density at radius 2 is 2.07 bits per heavy atom. The van der Waals surface area contributed by atoms with Gasteiger partial charge in [0, 0.05) is 40.0 Å². The summed E-state index contributed by atoms with van der Waals surface area (Å²) in [5.74, 6) is 0. The van der Waals surface area contributed by atoms with Crippen LogP contribution in [0.2, 0.25) is 0 Å². The number of pyridine rings is 1. The summed E-state index contributed by atoms with van der Waals surface area (Å²) in [4.78, 5) is 5.96. The first-order chi connectivity index (χ1) is 7.18. The molecule has 0 unspecified atom stereocenters. The maximum atomic E-state index is 8.83. The van der Waals surface area contributed by atoms with Crippen molar-refractivity contribution in [2.75, 3.05) is 39.0 Å². The SMILES string of the molecule is CN1CCN(O)CC1.Nc1cccnc1.[HH]. The number of anilines is 1. The Morgan fingerprint density at radius 3 is 2.40 bits per heavy atom. The lowest BCUT2D eigenvalue weighted by Crippen LogP contribution is -2.42. The van der Waals surface area contributed by atoms with Gasteiger partial charge in [-0.2, -0.15) is 5.06 Å². The van der Waals surface area contributed by atoms with Crippen molar-refractivity contribution in [3.05, 3.63) is 24.5 Å². The fourth-order valence-corrected chi connectivity index (χ4v) is 1.17. The van der Waals surface area contributed by atoms with Crippen molar-refractivity contribution in [3.63, 3.8) is 0 Å². The lowest BCUT2D eigenvalue weighted by atomic mass is 10.4. The number of rotatable bonds is 0. The first-order valence-electron chi connectivity index (χ1n) is 4.96. The zero-order valence-corrected chi connectivity index (χ0v) is 9.00. The largest absolute Gasteiger partial charge is 0.397 e. The molecule has 0 aromatic carbocycles. The fraction of sp³-hybridized carbons (Fsp3) is 0.500. The predicted molar refractivity (Wildman–Crippen MR) is 61.6 cm³/mol. The van der Waals surface area contributed by atoms with Gasteiger partial charge < -0.3 is 15.8 Å². The van der Waals surface area contributed by atoms with Crippen LogP contribution in [0.25, 0.3) is 0 Å². The van der Waals surface area contributed by atoms with Crippen LogP contribution in [0.1, 0.15) is 1.43 Å². The molecule has 5 nitrogen and oxygen atoms in total. The number of nitrogens with two attached hydrogens (primary N) is 1. The van der Waals surface area contributed by atoms with Gasteiger partial charge in [-0.25, -0.2) is 0 Å². The molecule has 0 amide bonds. The third-order valence-electron chi connectivity index (χ3n) is 2.16. The second-order valence-corrected chi connectivity index (χ2v) is 3.54. The standard InChI is InChI=1S/C5H12N2O.C5H6N2.H2/c1-6-2-4-7(8)5-3-6;6-5-2-1-3-7-4-5;/h8H,2-5H2,1H3;1-4H,6H2;1H. The van der Waals surface area contributed by atoms with Crippen molar-refractivity contribution in [2.45, 2.75) is 0 Å². The maximum absolute atomic E-state index is 8.83. The highest BCUT2D eigenvalue weighted by molar-refractivity contribution is 5.32. The predicted octanol–water partition coefficient (Wildman–Crippen LogP) is 0.533. The van der Waals surface area contributed by atoms with Gasteiger partial charge in [0.05, 0.1) is 5.69 Å². The quantitative estimate of drug-likeness (QED) is 0.657. The van der Waals surface area contributed by atoms with E-state index in [0.717, 1.165) is 26.2 Å². The van der Waals surface area contributed by atoms with Crippen molar-refractivity contribution in [2.24, 2.45) is 0 Å². The lowest BCUT2D eigenvalue weighted by Gasteiger charge is -2.27. The molecule has 0 atom stereocenters. The highest BCUT2D eigenvalue weighted by Crippen LogP contribution is 1.93. The maximum Gasteiger partial charge on any atom is 0.0500 e. The zero-order valence-electron chi connectivity index (χ0n) is 9.00. The van der Waals surface area contributed by atoms with Crippen molar-refractivity contribution in [1.29, 1.82) is 0 Å². The molecule has 0 bridgehead atoms. The minimum absolute atomic E-state index is 0. The van der Waals surface area contributed by atoms with E-state index < -0.39 is 0 Å². The van der Waals surface area contributed by atoms with Gasteiger partial charge in [-0.3, -0.25) is 4.98 Å². The second-order valence-electron chi connectivity index (χ2n) is 3.54. The minimum atomic E-state index is 0. The molecule has 1 aliphatic rings. The Bertz CT molecular complexity index is 255. The monoisotopic (exact) mass is 212 g/mol. The molecule has 0 radical (unpaired) electrons. The number of likely N-dealkylation sites (N-methyl/N-ethyl adjacent to an activating group) is 1. The van der Waals surface area contributed by atoms with E-state index in [1.54, 1.807) is 24.5 Å². The molecule has 2 heterocycles. The molecule has 1 aliphatic heterocycles. The topological polar surface area (TPSA) is 65.6 Å². The van der Waals surface area contributed by atoms with Crippen LogP contribution in [0.4, 0.5) is 5.69 Å². The Kier molecular flexibility index (Phi) is 5.03. The summed E-state index contributed by atoms with van der Waals surface area (Å²) in [6.07, 6.45) is 3.30. The molecule has 1 fully saturated rings. The van der Waals surface area contributed by atoms with Crippen LogP contribution in [0.15, 0.2) is 24.5 Å². The minimum Gasteiger partial charge on any atom is -0.397 e. The van der Waals surface area contributed by atoms with Crippen molar-refractivity contribution in [3.8, 4) is 0 Å². The van der Waals surface area contributed by atoms with Crippen LogP contribution < -0.4 is 5.73 Å². The summed E-state index contributed by atoms with van der Waals surface area (Å²) in [5.41, 5.74) is 6.01. The van der Waals surface area contributed by atoms with E-state index in [1.165, 1.54) is 5.06 Å². The van der Waals surface area contributed by atoms with Gasteiger partial charge in [0.1, 0.15) is 0 Å². The Labute approximate surface area is 91.6 Å². The van der Waals surface area contributed by atoms with E-state index in [1.807, 2.05) is 0 Å². The fourth-order valence-electron chi connectivity index (χ4n) is 1.17. The zero-order chi connectivity index (χ0) is 11.1. The normalized spacial score (nSPS) is 18.0. The Hall–Kier alpha value is -1.17. The second kappa shape index (κ2) is 6.34. The average Bonchev–Trinajstić information content (AvgIpc) is 2.25. The molecular formula is C10H20N4O. The molecule has 5 heteroatoms. The van der Waals surface area contributed by atoms with E-state index >= 15 is 0 Å². The van der Waals surface area contributed by atoms with Gasteiger partial charge in [0.2, 0.25) is 0 Å². The molecular weight excluding hydrogens is 192 g/mol. The molecule has 2 rings (SSSR count). The molecule has 1 aromatic heterocycles.